The maximum Gasteiger partial charge on any atom is 0.244 e. The monoisotopic (exact) mass is 332 g/mol. The molecule has 0 aliphatic carbocycles. The lowest BCUT2D eigenvalue weighted by Gasteiger charge is -2.01. The van der Waals surface area contributed by atoms with E-state index in [0.29, 0.717) is 11.1 Å². The van der Waals surface area contributed by atoms with Crippen molar-refractivity contribution in [1.82, 2.24) is 5.43 Å². The number of phenolic OH excluding ortho intramolecular Hbond substituents is 1. The molecule has 0 aliphatic rings. The molecule has 2 aromatic rings. The Morgan fingerprint density at radius 2 is 1.91 bits per heavy atom. The number of amides is 1. The van der Waals surface area contributed by atoms with Gasteiger partial charge >= 0.3 is 0 Å². The van der Waals surface area contributed by atoms with Crippen LogP contribution in [-0.2, 0) is 21.1 Å². The molecule has 0 atom stereocenters. The van der Waals surface area contributed by atoms with E-state index in [1.165, 1.54) is 30.5 Å². The van der Waals surface area contributed by atoms with Crippen molar-refractivity contribution < 1.29 is 18.3 Å². The minimum Gasteiger partial charge on any atom is -0.508 e. The average Bonchev–Trinajstić information content (AvgIpc) is 2.47. The summed E-state index contributed by atoms with van der Waals surface area (Å²) in [5.41, 5.74) is 3.71. The molecule has 6 nitrogen and oxygen atoms in total. The van der Waals surface area contributed by atoms with E-state index in [1.807, 2.05) is 0 Å². The summed E-state index contributed by atoms with van der Waals surface area (Å²) >= 11 is 0. The summed E-state index contributed by atoms with van der Waals surface area (Å²) in [5.74, 6) is -0.218. The Hall–Kier alpha value is -2.67. The lowest BCUT2D eigenvalue weighted by Crippen LogP contribution is -2.19. The summed E-state index contributed by atoms with van der Waals surface area (Å²) in [5, 5.41) is 13.1. The van der Waals surface area contributed by atoms with Gasteiger partial charge in [-0.1, -0.05) is 24.3 Å². The third kappa shape index (κ3) is 5.23. The number of rotatable bonds is 5. The molecule has 23 heavy (non-hydrogen) atoms. The predicted octanol–water partition coefficient (Wildman–Crippen LogP) is 1.49. The fraction of sp³-hybridized carbons (Fsp3) is 0.125. The van der Waals surface area contributed by atoms with Crippen molar-refractivity contribution in [3.05, 3.63) is 59.7 Å². The number of hydrogen-bond acceptors (Lipinski definition) is 5. The van der Waals surface area contributed by atoms with Gasteiger partial charge in [0.2, 0.25) is 5.91 Å². The Morgan fingerprint density at radius 3 is 2.52 bits per heavy atom. The van der Waals surface area contributed by atoms with Gasteiger partial charge in [-0.2, -0.15) is 5.10 Å². The van der Waals surface area contributed by atoms with Crippen LogP contribution in [0.2, 0.25) is 0 Å². The van der Waals surface area contributed by atoms with Crippen molar-refractivity contribution in [3.8, 4) is 5.75 Å². The second-order valence-corrected chi connectivity index (χ2v) is 7.00. The molecule has 1 amide bonds. The average molecular weight is 332 g/mol. The van der Waals surface area contributed by atoms with Gasteiger partial charge in [-0.3, -0.25) is 4.79 Å². The first-order chi connectivity index (χ1) is 10.8. The number of nitrogens with one attached hydrogen (secondary N) is 1. The molecule has 0 saturated carbocycles. The smallest absolute Gasteiger partial charge is 0.244 e. The van der Waals surface area contributed by atoms with Crippen LogP contribution in [-0.4, -0.2) is 31.9 Å². The SMILES string of the molecule is CS(=O)(=O)c1ccc(C=NNC(=O)Cc2cccc(O)c2)cc1. The van der Waals surface area contributed by atoms with E-state index >= 15 is 0 Å². The Kier molecular flexibility index (Phi) is 5.13. The number of hydrogen-bond donors (Lipinski definition) is 2. The van der Waals surface area contributed by atoms with Crippen LogP contribution in [0, 0.1) is 0 Å². The second-order valence-electron chi connectivity index (χ2n) is 4.98. The number of carbonyl (C=O) groups excluding carboxylic acids is 1. The van der Waals surface area contributed by atoms with Gasteiger partial charge in [0, 0.05) is 6.26 Å². The number of aromatic hydroxyl groups is 1. The molecule has 2 rings (SSSR count). The Labute approximate surface area is 134 Å². The largest absolute Gasteiger partial charge is 0.508 e. The molecule has 0 heterocycles. The summed E-state index contributed by atoms with van der Waals surface area (Å²) in [6.07, 6.45) is 2.66. The minimum atomic E-state index is -3.23. The fourth-order valence-corrected chi connectivity index (χ4v) is 2.50. The standard InChI is InChI=1S/C16H16N2O4S/c1-23(21,22)15-7-5-12(6-8-15)11-17-18-16(20)10-13-3-2-4-14(19)9-13/h2-9,11,19H,10H2,1H3,(H,18,20). The van der Waals surface area contributed by atoms with Gasteiger partial charge in [-0.05, 0) is 35.4 Å². The molecule has 0 aliphatic heterocycles. The summed E-state index contributed by atoms with van der Waals surface area (Å²) in [6.45, 7) is 0. The zero-order chi connectivity index (χ0) is 16.9. The molecule has 7 heteroatoms. The molecular formula is C16H16N2O4S. The maximum atomic E-state index is 11.7. The molecule has 2 N–H and O–H groups in total. The van der Waals surface area contributed by atoms with E-state index in [4.69, 9.17) is 0 Å². The van der Waals surface area contributed by atoms with Crippen LogP contribution in [0.25, 0.3) is 0 Å². The van der Waals surface area contributed by atoms with Crippen LogP contribution >= 0.6 is 0 Å². The molecule has 0 spiro atoms. The summed E-state index contributed by atoms with van der Waals surface area (Å²) < 4.78 is 22.7. The first-order valence-corrected chi connectivity index (χ1v) is 8.64. The normalized spacial score (nSPS) is 11.5. The van der Waals surface area contributed by atoms with Crippen LogP contribution in [0.5, 0.6) is 5.75 Å². The van der Waals surface area contributed by atoms with Crippen molar-refractivity contribution in [3.63, 3.8) is 0 Å². The van der Waals surface area contributed by atoms with E-state index in [0.717, 1.165) is 6.26 Å². The first kappa shape index (κ1) is 16.7. The highest BCUT2D eigenvalue weighted by Crippen LogP contribution is 2.11. The van der Waals surface area contributed by atoms with Crippen molar-refractivity contribution in [1.29, 1.82) is 0 Å². The number of hydrazone groups is 1. The molecule has 0 saturated heterocycles. The highest BCUT2D eigenvalue weighted by Gasteiger charge is 2.05. The molecular weight excluding hydrogens is 316 g/mol. The zero-order valence-electron chi connectivity index (χ0n) is 12.4. The summed E-state index contributed by atoms with van der Waals surface area (Å²) in [7, 11) is -3.23. The van der Waals surface area contributed by atoms with Crippen molar-refractivity contribution in [2.45, 2.75) is 11.3 Å². The molecule has 0 unspecified atom stereocenters. The molecule has 2 aromatic carbocycles. The molecule has 120 valence electrons. The van der Waals surface area contributed by atoms with Crippen LogP contribution < -0.4 is 5.43 Å². The lowest BCUT2D eigenvalue weighted by atomic mass is 10.1. The number of phenols is 1. The number of benzene rings is 2. The predicted molar refractivity (Wildman–Crippen MR) is 87.1 cm³/mol. The number of carbonyl (C=O) groups is 1. The third-order valence-electron chi connectivity index (χ3n) is 2.99. The quantitative estimate of drug-likeness (QED) is 0.640. The third-order valence-corrected chi connectivity index (χ3v) is 4.11. The molecule has 0 radical (unpaired) electrons. The van der Waals surface area contributed by atoms with Gasteiger partial charge in [-0.15, -0.1) is 0 Å². The lowest BCUT2D eigenvalue weighted by molar-refractivity contribution is -0.120. The van der Waals surface area contributed by atoms with E-state index in [-0.39, 0.29) is 23.0 Å². The van der Waals surface area contributed by atoms with Gasteiger partial charge in [0.15, 0.2) is 9.84 Å². The highest BCUT2D eigenvalue weighted by molar-refractivity contribution is 7.90. The van der Waals surface area contributed by atoms with Crippen molar-refractivity contribution in [2.75, 3.05) is 6.26 Å². The van der Waals surface area contributed by atoms with Crippen LogP contribution in [0.3, 0.4) is 0 Å². The van der Waals surface area contributed by atoms with Crippen LogP contribution in [0.15, 0.2) is 58.5 Å². The van der Waals surface area contributed by atoms with E-state index < -0.39 is 9.84 Å². The van der Waals surface area contributed by atoms with Gasteiger partial charge in [-0.25, -0.2) is 13.8 Å². The maximum absolute atomic E-state index is 11.7. The number of sulfone groups is 1. The Balaban J connectivity index is 1.92. The first-order valence-electron chi connectivity index (χ1n) is 6.74. The topological polar surface area (TPSA) is 95.8 Å². The van der Waals surface area contributed by atoms with Crippen LogP contribution in [0.4, 0.5) is 0 Å². The van der Waals surface area contributed by atoms with Crippen molar-refractivity contribution in [2.24, 2.45) is 5.10 Å². The fourth-order valence-electron chi connectivity index (χ4n) is 1.87. The van der Waals surface area contributed by atoms with Gasteiger partial charge < -0.3 is 5.11 Å². The highest BCUT2D eigenvalue weighted by atomic mass is 32.2. The van der Waals surface area contributed by atoms with E-state index in [9.17, 15) is 18.3 Å². The Morgan fingerprint density at radius 1 is 1.22 bits per heavy atom. The Bertz CT molecular complexity index is 827. The zero-order valence-corrected chi connectivity index (χ0v) is 13.2. The van der Waals surface area contributed by atoms with Gasteiger partial charge in [0.05, 0.1) is 17.5 Å². The van der Waals surface area contributed by atoms with Gasteiger partial charge in [0.1, 0.15) is 5.75 Å². The minimum absolute atomic E-state index is 0.0960. The second kappa shape index (κ2) is 7.06. The molecule has 0 fully saturated rings. The number of nitrogens with zero attached hydrogens (tertiary/aromatic N) is 1. The van der Waals surface area contributed by atoms with Gasteiger partial charge in [0.25, 0.3) is 0 Å². The summed E-state index contributed by atoms with van der Waals surface area (Å²) in [4.78, 5) is 11.9. The van der Waals surface area contributed by atoms with Crippen molar-refractivity contribution >= 4 is 22.0 Å². The van der Waals surface area contributed by atoms with Crippen LogP contribution in [0.1, 0.15) is 11.1 Å². The molecule has 0 aromatic heterocycles. The van der Waals surface area contributed by atoms with E-state index in [2.05, 4.69) is 10.5 Å². The molecule has 0 bridgehead atoms. The van der Waals surface area contributed by atoms with E-state index in [1.54, 1.807) is 24.3 Å². The summed E-state index contributed by atoms with van der Waals surface area (Å²) in [6, 6.07) is 12.6.